The number of esters is 4. The van der Waals surface area contributed by atoms with Gasteiger partial charge < -0.3 is 14.2 Å². The van der Waals surface area contributed by atoms with Crippen LogP contribution in [0.15, 0.2) is 36.4 Å². The van der Waals surface area contributed by atoms with Crippen molar-refractivity contribution in [2.45, 2.75) is 32.1 Å². The predicted molar refractivity (Wildman–Crippen MR) is 95.5 cm³/mol. The Bertz CT molecular complexity index is 994. The van der Waals surface area contributed by atoms with Crippen LogP contribution in [0.5, 0.6) is 11.5 Å². The third-order valence-electron chi connectivity index (χ3n) is 4.73. The Balaban J connectivity index is 0.000000336. The molecule has 0 saturated heterocycles. The molecule has 1 saturated carbocycles. The Morgan fingerprint density at radius 2 is 1.25 bits per heavy atom. The van der Waals surface area contributed by atoms with Crippen molar-refractivity contribution < 1.29 is 33.4 Å². The van der Waals surface area contributed by atoms with Crippen LogP contribution in [0.4, 0.5) is 0 Å². The molecular weight excluding hydrogens is 364 g/mol. The van der Waals surface area contributed by atoms with Gasteiger partial charge in [-0.15, -0.1) is 0 Å². The summed E-state index contributed by atoms with van der Waals surface area (Å²) in [4.78, 5) is 46.2. The highest BCUT2D eigenvalue weighted by Crippen LogP contribution is 2.34. The van der Waals surface area contributed by atoms with Crippen LogP contribution in [0.3, 0.4) is 0 Å². The third kappa shape index (κ3) is 3.26. The number of cyclic esters (lactones) is 4. The molecule has 3 aliphatic rings. The second-order valence-corrected chi connectivity index (χ2v) is 6.61. The quantitative estimate of drug-likeness (QED) is 0.573. The second-order valence-electron chi connectivity index (χ2n) is 6.61. The minimum absolute atomic E-state index is 0.0247. The molecule has 2 aliphatic heterocycles. The first-order valence-corrected chi connectivity index (χ1v) is 9.02. The van der Waals surface area contributed by atoms with Gasteiger partial charge in [0.05, 0.1) is 16.7 Å². The number of rotatable bonds is 2. The summed E-state index contributed by atoms with van der Waals surface area (Å²) in [5, 5.41) is 0. The first kappa shape index (κ1) is 17.9. The smallest absolute Gasteiger partial charge is 0.350 e. The van der Waals surface area contributed by atoms with Crippen molar-refractivity contribution in [3.8, 4) is 11.5 Å². The summed E-state index contributed by atoms with van der Waals surface area (Å²) in [6, 6.07) is 8.68. The van der Waals surface area contributed by atoms with Crippen LogP contribution in [0.1, 0.15) is 73.5 Å². The summed E-state index contributed by atoms with van der Waals surface area (Å²) in [6.07, 6.45) is 7.50. The molecule has 2 heterocycles. The van der Waals surface area contributed by atoms with Gasteiger partial charge in [0.2, 0.25) is 0 Å². The molecule has 7 heteroatoms. The number of carbonyl (C=O) groups is 4. The van der Waals surface area contributed by atoms with E-state index in [0.29, 0.717) is 0 Å². The Morgan fingerprint density at radius 1 is 0.643 bits per heavy atom. The SMILES string of the molecule is C1CCCC1.O=C1OC(=O)c2cc(Oc3cccc4c3C(=O)OC4=O)ccc21. The number of hydrogen-bond acceptors (Lipinski definition) is 7. The summed E-state index contributed by atoms with van der Waals surface area (Å²) < 4.78 is 14.6. The molecule has 1 aliphatic carbocycles. The third-order valence-corrected chi connectivity index (χ3v) is 4.73. The Labute approximate surface area is 160 Å². The normalized spacial score (nSPS) is 16.7. The maximum atomic E-state index is 11.7. The largest absolute Gasteiger partial charge is 0.456 e. The van der Waals surface area contributed by atoms with Gasteiger partial charge in [-0.3, -0.25) is 0 Å². The molecule has 2 aromatic carbocycles. The number of benzene rings is 2. The van der Waals surface area contributed by atoms with E-state index in [0.717, 1.165) is 0 Å². The van der Waals surface area contributed by atoms with E-state index >= 15 is 0 Å². The van der Waals surface area contributed by atoms with Crippen molar-refractivity contribution in [2.24, 2.45) is 0 Å². The zero-order valence-corrected chi connectivity index (χ0v) is 14.9. The fourth-order valence-electron chi connectivity index (χ4n) is 3.33. The van der Waals surface area contributed by atoms with E-state index in [1.54, 1.807) is 6.07 Å². The number of fused-ring (bicyclic) bond motifs is 2. The van der Waals surface area contributed by atoms with Crippen LogP contribution in [0.2, 0.25) is 0 Å². The van der Waals surface area contributed by atoms with Crippen molar-refractivity contribution in [1.82, 2.24) is 0 Å². The zero-order chi connectivity index (χ0) is 19.7. The van der Waals surface area contributed by atoms with Gasteiger partial charge >= 0.3 is 23.9 Å². The monoisotopic (exact) mass is 380 g/mol. The lowest BCUT2D eigenvalue weighted by Gasteiger charge is -2.08. The van der Waals surface area contributed by atoms with Crippen LogP contribution in [0.25, 0.3) is 0 Å². The minimum Gasteiger partial charge on any atom is -0.456 e. The molecule has 0 radical (unpaired) electrons. The fraction of sp³-hybridized carbons (Fsp3) is 0.238. The van der Waals surface area contributed by atoms with Gasteiger partial charge in [-0.1, -0.05) is 38.2 Å². The first-order chi connectivity index (χ1) is 13.5. The van der Waals surface area contributed by atoms with Gasteiger partial charge in [0.25, 0.3) is 0 Å². The molecule has 1 fully saturated rings. The Morgan fingerprint density at radius 3 is 1.96 bits per heavy atom. The van der Waals surface area contributed by atoms with Gasteiger partial charge in [0.15, 0.2) is 0 Å². The molecule has 0 atom stereocenters. The number of ether oxygens (including phenoxy) is 3. The topological polar surface area (TPSA) is 96.0 Å². The van der Waals surface area contributed by atoms with Crippen molar-refractivity contribution in [3.05, 3.63) is 58.7 Å². The van der Waals surface area contributed by atoms with Crippen LogP contribution in [-0.2, 0) is 9.47 Å². The minimum atomic E-state index is -0.795. The van der Waals surface area contributed by atoms with E-state index in [4.69, 9.17) is 4.74 Å². The lowest BCUT2D eigenvalue weighted by molar-refractivity contribution is 0.0425. The maximum Gasteiger partial charge on any atom is 0.350 e. The van der Waals surface area contributed by atoms with Gasteiger partial charge in [-0.2, -0.15) is 0 Å². The molecule has 0 N–H and O–H groups in total. The van der Waals surface area contributed by atoms with Crippen molar-refractivity contribution >= 4 is 23.9 Å². The molecule has 2 aromatic rings. The Hall–Kier alpha value is -3.48. The molecule has 28 heavy (non-hydrogen) atoms. The first-order valence-electron chi connectivity index (χ1n) is 9.02. The maximum absolute atomic E-state index is 11.7. The molecule has 7 nitrogen and oxygen atoms in total. The molecule has 0 bridgehead atoms. The van der Waals surface area contributed by atoms with E-state index in [1.807, 2.05) is 0 Å². The molecule has 0 amide bonds. The number of hydrogen-bond donors (Lipinski definition) is 0. The second kappa shape index (κ2) is 7.26. The highest BCUT2D eigenvalue weighted by atomic mass is 16.6. The molecule has 5 rings (SSSR count). The van der Waals surface area contributed by atoms with Crippen molar-refractivity contribution in [1.29, 1.82) is 0 Å². The van der Waals surface area contributed by atoms with Gasteiger partial charge in [-0.05, 0) is 30.3 Å². The van der Waals surface area contributed by atoms with E-state index in [1.165, 1.54) is 62.4 Å². The van der Waals surface area contributed by atoms with Crippen LogP contribution < -0.4 is 4.74 Å². The van der Waals surface area contributed by atoms with E-state index in [9.17, 15) is 19.2 Å². The lowest BCUT2D eigenvalue weighted by atomic mass is 10.1. The molecule has 0 spiro atoms. The Kier molecular flexibility index (Phi) is 4.65. The van der Waals surface area contributed by atoms with Crippen LogP contribution in [0, 0.1) is 0 Å². The molecular formula is C21H16O7. The summed E-state index contributed by atoms with van der Waals surface area (Å²) in [5.41, 5.74) is 0.369. The van der Waals surface area contributed by atoms with Crippen molar-refractivity contribution in [2.75, 3.05) is 0 Å². The summed E-state index contributed by atoms with van der Waals surface area (Å²) in [6.45, 7) is 0. The zero-order valence-electron chi connectivity index (χ0n) is 14.9. The number of carbonyl (C=O) groups excluding carboxylic acids is 4. The molecule has 0 aromatic heterocycles. The average molecular weight is 380 g/mol. The van der Waals surface area contributed by atoms with Gasteiger partial charge in [-0.25, -0.2) is 19.2 Å². The highest BCUT2D eigenvalue weighted by Gasteiger charge is 2.34. The van der Waals surface area contributed by atoms with Crippen LogP contribution >= 0.6 is 0 Å². The van der Waals surface area contributed by atoms with Gasteiger partial charge in [0.1, 0.15) is 17.1 Å². The van der Waals surface area contributed by atoms with E-state index < -0.39 is 23.9 Å². The predicted octanol–water partition coefficient (Wildman–Crippen LogP) is 4.05. The van der Waals surface area contributed by atoms with E-state index in [2.05, 4.69) is 9.47 Å². The van der Waals surface area contributed by atoms with Crippen molar-refractivity contribution in [3.63, 3.8) is 0 Å². The molecule has 0 unspecified atom stereocenters. The lowest BCUT2D eigenvalue weighted by Crippen LogP contribution is -1.99. The summed E-state index contributed by atoms with van der Waals surface area (Å²) in [7, 11) is 0. The fourth-order valence-corrected chi connectivity index (χ4v) is 3.33. The summed E-state index contributed by atoms with van der Waals surface area (Å²) in [5.74, 6) is -2.67. The standard InChI is InChI=1S/C16H6O7.C5H10/c17-13-8-5-4-7(6-10(8)15(19)22-13)21-11-3-1-2-9-12(11)16(20)23-14(9)18;1-2-4-5-3-1/h1-6H;1-5H2. The van der Waals surface area contributed by atoms with Gasteiger partial charge in [0, 0.05) is 0 Å². The molecule has 142 valence electrons. The summed E-state index contributed by atoms with van der Waals surface area (Å²) >= 11 is 0. The van der Waals surface area contributed by atoms with Crippen LogP contribution in [-0.4, -0.2) is 23.9 Å². The average Bonchev–Trinajstić information content (AvgIpc) is 3.40. The highest BCUT2D eigenvalue weighted by molar-refractivity contribution is 6.16. The van der Waals surface area contributed by atoms with E-state index in [-0.39, 0.29) is 33.8 Å².